The molecule has 9 heteroatoms. The number of methoxy groups -OCH3 is 1. The number of aromatic nitrogens is 4. The molecule has 1 saturated carbocycles. The van der Waals surface area contributed by atoms with Crippen molar-refractivity contribution in [2.45, 2.75) is 45.2 Å². The molecule has 0 N–H and O–H groups in total. The maximum absolute atomic E-state index is 14.1. The number of nitrogens with zero attached hydrogens (tertiary/aromatic N) is 5. The van der Waals surface area contributed by atoms with E-state index in [2.05, 4.69) is 4.98 Å². The molecular formula is C29H29ClFN5O2. The predicted molar refractivity (Wildman–Crippen MR) is 145 cm³/mol. The Balaban J connectivity index is 1.49. The molecule has 1 aliphatic carbocycles. The van der Waals surface area contributed by atoms with Crippen molar-refractivity contribution in [1.29, 1.82) is 0 Å². The molecule has 1 amide bonds. The summed E-state index contributed by atoms with van der Waals surface area (Å²) in [5.74, 6) is 1.18. The van der Waals surface area contributed by atoms with E-state index < -0.39 is 5.82 Å². The SMILES string of the molecule is COc1ccc(-c2nc(-c3ccncc3)nn2CCN(C(=O)c2cc(F)ccc2C)C2CCCC2)cc1Cl. The molecule has 2 heterocycles. The number of aryl methyl sites for hydroxylation is 1. The highest BCUT2D eigenvalue weighted by Crippen LogP contribution is 2.31. The van der Waals surface area contributed by atoms with Crippen LogP contribution in [-0.4, -0.2) is 50.3 Å². The van der Waals surface area contributed by atoms with Gasteiger partial charge in [0.25, 0.3) is 5.91 Å². The van der Waals surface area contributed by atoms with Gasteiger partial charge >= 0.3 is 0 Å². The summed E-state index contributed by atoms with van der Waals surface area (Å²) in [5.41, 5.74) is 2.77. The summed E-state index contributed by atoms with van der Waals surface area (Å²) in [7, 11) is 1.57. The van der Waals surface area contributed by atoms with Gasteiger partial charge in [-0.3, -0.25) is 9.78 Å². The molecule has 1 aliphatic rings. The van der Waals surface area contributed by atoms with E-state index >= 15 is 0 Å². The topological polar surface area (TPSA) is 73.1 Å². The van der Waals surface area contributed by atoms with Crippen LogP contribution in [0, 0.1) is 12.7 Å². The lowest BCUT2D eigenvalue weighted by atomic mass is 10.1. The third kappa shape index (κ3) is 5.41. The number of benzene rings is 2. The van der Waals surface area contributed by atoms with Crippen LogP contribution in [0.1, 0.15) is 41.6 Å². The minimum absolute atomic E-state index is 0.104. The van der Waals surface area contributed by atoms with E-state index in [0.717, 1.165) is 42.4 Å². The first kappa shape index (κ1) is 25.9. The van der Waals surface area contributed by atoms with E-state index in [9.17, 15) is 9.18 Å². The zero-order valence-corrected chi connectivity index (χ0v) is 22.2. The van der Waals surface area contributed by atoms with Crippen LogP contribution in [0.5, 0.6) is 5.75 Å². The number of carbonyl (C=O) groups excluding carboxylic acids is 1. The molecular weight excluding hydrogens is 505 g/mol. The van der Waals surface area contributed by atoms with Gasteiger partial charge in [-0.15, -0.1) is 0 Å². The number of amides is 1. The van der Waals surface area contributed by atoms with E-state index in [1.54, 1.807) is 37.7 Å². The van der Waals surface area contributed by atoms with Gasteiger partial charge in [0.1, 0.15) is 11.6 Å². The highest BCUT2D eigenvalue weighted by atomic mass is 35.5. The number of carbonyl (C=O) groups is 1. The Kier molecular flexibility index (Phi) is 7.69. The first-order valence-corrected chi connectivity index (χ1v) is 13.1. The number of halogens is 2. The molecule has 0 saturated heterocycles. The van der Waals surface area contributed by atoms with Crippen LogP contribution < -0.4 is 4.74 Å². The second kappa shape index (κ2) is 11.3. The molecule has 7 nitrogen and oxygen atoms in total. The molecule has 0 spiro atoms. The van der Waals surface area contributed by atoms with Gasteiger partial charge in [0.2, 0.25) is 0 Å². The average Bonchev–Trinajstić information content (AvgIpc) is 3.61. The van der Waals surface area contributed by atoms with Crippen molar-refractivity contribution < 1.29 is 13.9 Å². The summed E-state index contributed by atoms with van der Waals surface area (Å²) < 4.78 is 21.2. The number of pyridine rings is 1. The van der Waals surface area contributed by atoms with Gasteiger partial charge in [-0.25, -0.2) is 14.1 Å². The standard InChI is InChI=1S/C29H29ClFN5O2/c1-19-7-9-22(31)18-24(19)29(37)35(23-5-3-4-6-23)15-16-36-28(21-8-10-26(38-2)25(30)17-21)33-27(34-36)20-11-13-32-14-12-20/h7-14,17-18,23H,3-6,15-16H2,1-2H3. The summed E-state index contributed by atoms with van der Waals surface area (Å²) in [5, 5.41) is 5.26. The van der Waals surface area contributed by atoms with Crippen LogP contribution in [0.3, 0.4) is 0 Å². The minimum atomic E-state index is -0.415. The van der Waals surface area contributed by atoms with Crippen molar-refractivity contribution in [2.24, 2.45) is 0 Å². The summed E-state index contributed by atoms with van der Waals surface area (Å²) in [4.78, 5) is 24.5. The second-order valence-corrected chi connectivity index (χ2v) is 9.87. The lowest BCUT2D eigenvalue weighted by Crippen LogP contribution is -2.41. The van der Waals surface area contributed by atoms with Crippen molar-refractivity contribution in [1.82, 2.24) is 24.6 Å². The van der Waals surface area contributed by atoms with E-state index in [4.69, 9.17) is 26.4 Å². The summed E-state index contributed by atoms with van der Waals surface area (Å²) in [6.07, 6.45) is 7.40. The summed E-state index contributed by atoms with van der Waals surface area (Å²) in [6.45, 7) is 2.66. The van der Waals surface area contributed by atoms with Gasteiger partial charge in [0.15, 0.2) is 11.6 Å². The van der Waals surface area contributed by atoms with Crippen LogP contribution in [0.2, 0.25) is 5.02 Å². The van der Waals surface area contributed by atoms with Crippen LogP contribution in [0.4, 0.5) is 4.39 Å². The highest BCUT2D eigenvalue weighted by Gasteiger charge is 2.29. The lowest BCUT2D eigenvalue weighted by Gasteiger charge is -2.30. The molecule has 4 aromatic rings. The molecule has 0 radical (unpaired) electrons. The minimum Gasteiger partial charge on any atom is -0.495 e. The molecule has 2 aromatic carbocycles. The summed E-state index contributed by atoms with van der Waals surface area (Å²) in [6, 6.07) is 13.7. The molecule has 0 bridgehead atoms. The number of hydrogen-bond donors (Lipinski definition) is 0. The van der Waals surface area contributed by atoms with Crippen molar-refractivity contribution >= 4 is 17.5 Å². The van der Waals surface area contributed by atoms with Crippen molar-refractivity contribution in [2.75, 3.05) is 13.7 Å². The third-order valence-corrected chi connectivity index (χ3v) is 7.32. The zero-order chi connectivity index (χ0) is 26.6. The van der Waals surface area contributed by atoms with Gasteiger partial charge in [0.05, 0.1) is 18.7 Å². The van der Waals surface area contributed by atoms with Crippen LogP contribution >= 0.6 is 11.6 Å². The fourth-order valence-corrected chi connectivity index (χ4v) is 5.25. The molecule has 0 unspecified atom stereocenters. The average molecular weight is 534 g/mol. The van der Waals surface area contributed by atoms with E-state index in [-0.39, 0.29) is 11.9 Å². The Hall–Kier alpha value is -3.78. The second-order valence-electron chi connectivity index (χ2n) is 9.46. The fourth-order valence-electron chi connectivity index (χ4n) is 4.99. The van der Waals surface area contributed by atoms with Gasteiger partial charge in [0, 0.05) is 41.7 Å². The first-order chi connectivity index (χ1) is 18.4. The maximum atomic E-state index is 14.1. The van der Waals surface area contributed by atoms with Crippen molar-refractivity contribution in [3.8, 4) is 28.5 Å². The van der Waals surface area contributed by atoms with Gasteiger partial charge < -0.3 is 9.64 Å². The van der Waals surface area contributed by atoms with Crippen LogP contribution in [0.25, 0.3) is 22.8 Å². The number of ether oxygens (including phenoxy) is 1. The molecule has 0 aliphatic heterocycles. The van der Waals surface area contributed by atoms with Crippen molar-refractivity contribution in [3.05, 3.63) is 82.9 Å². The monoisotopic (exact) mass is 533 g/mol. The molecule has 2 aromatic heterocycles. The summed E-state index contributed by atoms with van der Waals surface area (Å²) >= 11 is 6.43. The van der Waals surface area contributed by atoms with Crippen LogP contribution in [-0.2, 0) is 6.54 Å². The molecule has 0 atom stereocenters. The Morgan fingerprint density at radius 1 is 1.11 bits per heavy atom. The van der Waals surface area contributed by atoms with E-state index in [0.29, 0.717) is 41.1 Å². The fraction of sp³-hybridized carbons (Fsp3) is 0.310. The van der Waals surface area contributed by atoms with Crippen LogP contribution in [0.15, 0.2) is 60.9 Å². The Bertz CT molecular complexity index is 1440. The predicted octanol–water partition coefficient (Wildman–Crippen LogP) is 6.20. The smallest absolute Gasteiger partial charge is 0.254 e. The maximum Gasteiger partial charge on any atom is 0.254 e. The third-order valence-electron chi connectivity index (χ3n) is 7.03. The lowest BCUT2D eigenvalue weighted by molar-refractivity contribution is 0.0670. The van der Waals surface area contributed by atoms with E-state index in [1.807, 2.05) is 34.7 Å². The molecule has 1 fully saturated rings. The molecule has 5 rings (SSSR count). The highest BCUT2D eigenvalue weighted by molar-refractivity contribution is 6.32. The normalized spacial score (nSPS) is 13.6. The zero-order valence-electron chi connectivity index (χ0n) is 21.4. The number of hydrogen-bond acceptors (Lipinski definition) is 5. The van der Waals surface area contributed by atoms with Crippen molar-refractivity contribution in [3.63, 3.8) is 0 Å². The Morgan fingerprint density at radius 2 is 1.87 bits per heavy atom. The largest absolute Gasteiger partial charge is 0.495 e. The Labute approximate surface area is 226 Å². The van der Waals surface area contributed by atoms with Gasteiger partial charge in [-0.1, -0.05) is 30.5 Å². The molecule has 196 valence electrons. The Morgan fingerprint density at radius 3 is 2.58 bits per heavy atom. The first-order valence-electron chi connectivity index (χ1n) is 12.7. The number of rotatable bonds is 8. The van der Waals surface area contributed by atoms with E-state index in [1.165, 1.54) is 12.1 Å². The van der Waals surface area contributed by atoms with Gasteiger partial charge in [-0.2, -0.15) is 5.10 Å². The van der Waals surface area contributed by atoms with Gasteiger partial charge in [-0.05, 0) is 67.8 Å². The quantitative estimate of drug-likeness (QED) is 0.269. The molecule has 38 heavy (non-hydrogen) atoms.